The lowest BCUT2D eigenvalue weighted by Crippen LogP contribution is -2.37. The first-order valence-corrected chi connectivity index (χ1v) is 21.9. The normalized spacial score (nSPS) is 14.8. The fraction of sp³-hybridized carbons (Fsp3) is 0.138. The van der Waals surface area contributed by atoms with Gasteiger partial charge in [0.25, 0.3) is 0 Å². The summed E-state index contributed by atoms with van der Waals surface area (Å²) in [7, 11) is 0.822. The number of anilines is 2. The molecule has 0 saturated heterocycles. The van der Waals surface area contributed by atoms with Crippen molar-refractivity contribution < 1.29 is 0 Å². The average molecular weight is 783 g/mol. The van der Waals surface area contributed by atoms with Crippen LogP contribution < -0.4 is 16.2 Å². The summed E-state index contributed by atoms with van der Waals surface area (Å²) < 4.78 is 2.61. The summed E-state index contributed by atoms with van der Waals surface area (Å²) in [6, 6.07) is 65.9. The summed E-state index contributed by atoms with van der Waals surface area (Å²) in [6.45, 7) is 9.64. The molecule has 0 saturated carbocycles. The summed E-state index contributed by atoms with van der Waals surface area (Å²) in [5.41, 5.74) is 19.5. The molecule has 12 rings (SSSR count). The van der Waals surface area contributed by atoms with Crippen LogP contribution in [0.25, 0.3) is 82.4 Å². The lowest BCUT2D eigenvalue weighted by molar-refractivity contribution is 0.332. The number of hydrogen-bond donors (Lipinski definition) is 1. The van der Waals surface area contributed by atoms with E-state index in [1.165, 1.54) is 117 Å². The Morgan fingerprint density at radius 3 is 1.85 bits per heavy atom. The molecule has 61 heavy (non-hydrogen) atoms. The van der Waals surface area contributed by atoms with E-state index in [-0.39, 0.29) is 10.8 Å². The lowest BCUT2D eigenvalue weighted by atomic mass is 9.58. The molecule has 0 spiro atoms. The molecule has 3 heteroatoms. The molecule has 2 aliphatic rings. The molecular formula is C58H47BN2. The first-order valence-electron chi connectivity index (χ1n) is 21.9. The second kappa shape index (κ2) is 13.3. The topological polar surface area (TPSA) is 17.0 Å². The van der Waals surface area contributed by atoms with Crippen molar-refractivity contribution in [2.75, 3.05) is 5.32 Å². The molecule has 0 fully saturated rings. The maximum absolute atomic E-state index is 4.04. The second-order valence-electron chi connectivity index (χ2n) is 18.9. The summed E-state index contributed by atoms with van der Waals surface area (Å²) >= 11 is 0. The largest absolute Gasteiger partial charge is 0.355 e. The highest BCUT2D eigenvalue weighted by Gasteiger charge is 2.37. The monoisotopic (exact) mass is 782 g/mol. The number of nitrogens with zero attached hydrogens (tertiary/aromatic N) is 1. The first-order chi connectivity index (χ1) is 29.7. The first kappa shape index (κ1) is 36.1. The van der Waals surface area contributed by atoms with E-state index in [0.717, 1.165) is 18.7 Å². The van der Waals surface area contributed by atoms with Crippen LogP contribution in [0.3, 0.4) is 0 Å². The van der Waals surface area contributed by atoms with Crippen LogP contribution in [-0.4, -0.2) is 11.8 Å². The standard InChI is InChI=1S/C58H47BN2/c1-57(2)27-28-58(3,4)50-35-43(24-25-49(50)57)60-52-34-39-20-12-11-19-38(39)29-45(52)47-31-41-21-13-14-22-44(41)56-54(47)59-51-33-42(37-17-9-6-10-18-37)32-48-46-30-40(36-15-7-5-8-16-36)23-26-53(46)61(56)55(48)51/h5-26,29-35,59-60H,27-28H2,1-4H3. The van der Waals surface area contributed by atoms with E-state index in [2.05, 4.69) is 214 Å². The summed E-state index contributed by atoms with van der Waals surface area (Å²) in [5, 5.41) is 11.6. The molecule has 1 N–H and O–H groups in total. The molecule has 0 amide bonds. The molecule has 0 bridgehead atoms. The fourth-order valence-electron chi connectivity index (χ4n) is 10.8. The Morgan fingerprint density at radius 2 is 1.10 bits per heavy atom. The predicted octanol–water partition coefficient (Wildman–Crippen LogP) is 13.9. The zero-order valence-electron chi connectivity index (χ0n) is 35.3. The van der Waals surface area contributed by atoms with Gasteiger partial charge in [0, 0.05) is 44.3 Å². The van der Waals surface area contributed by atoms with Crippen LogP contribution in [0.2, 0.25) is 0 Å². The van der Waals surface area contributed by atoms with Gasteiger partial charge in [0.15, 0.2) is 7.28 Å². The Bertz CT molecular complexity index is 3410. The van der Waals surface area contributed by atoms with Crippen LogP contribution in [0.5, 0.6) is 0 Å². The molecule has 0 atom stereocenters. The summed E-state index contributed by atoms with van der Waals surface area (Å²) in [5.74, 6) is 0. The van der Waals surface area contributed by atoms with Crippen molar-refractivity contribution in [3.63, 3.8) is 0 Å². The minimum absolute atomic E-state index is 0.116. The third-order valence-corrected chi connectivity index (χ3v) is 14.2. The van der Waals surface area contributed by atoms with Gasteiger partial charge < -0.3 is 9.88 Å². The smallest absolute Gasteiger partial charge is 0.198 e. The Balaban J connectivity index is 1.13. The van der Waals surface area contributed by atoms with E-state index in [1.54, 1.807) is 0 Å². The molecule has 1 aliphatic heterocycles. The van der Waals surface area contributed by atoms with Gasteiger partial charge in [-0.2, -0.15) is 0 Å². The van der Waals surface area contributed by atoms with Crippen molar-refractivity contribution in [2.45, 2.75) is 51.4 Å². The molecule has 0 radical (unpaired) electrons. The van der Waals surface area contributed by atoms with Crippen LogP contribution >= 0.6 is 0 Å². The van der Waals surface area contributed by atoms with E-state index in [1.807, 2.05) is 0 Å². The fourth-order valence-corrected chi connectivity index (χ4v) is 10.8. The van der Waals surface area contributed by atoms with Gasteiger partial charge in [-0.25, -0.2) is 0 Å². The van der Waals surface area contributed by atoms with Crippen LogP contribution in [0.1, 0.15) is 51.7 Å². The van der Waals surface area contributed by atoms with Gasteiger partial charge in [-0.15, -0.1) is 0 Å². The maximum Gasteiger partial charge on any atom is 0.198 e. The van der Waals surface area contributed by atoms with Crippen LogP contribution in [-0.2, 0) is 10.8 Å². The minimum Gasteiger partial charge on any atom is -0.355 e. The number of benzene rings is 9. The van der Waals surface area contributed by atoms with Crippen LogP contribution in [0, 0.1) is 0 Å². The number of rotatable bonds is 5. The van der Waals surface area contributed by atoms with Gasteiger partial charge in [-0.3, -0.25) is 0 Å². The van der Waals surface area contributed by atoms with E-state index in [0.29, 0.717) is 0 Å². The Labute approximate surface area is 358 Å². The van der Waals surface area contributed by atoms with Crippen molar-refractivity contribution >= 4 is 72.9 Å². The van der Waals surface area contributed by atoms with Gasteiger partial charge in [0.1, 0.15) is 0 Å². The highest BCUT2D eigenvalue weighted by Crippen LogP contribution is 2.48. The average Bonchev–Trinajstić information content (AvgIpc) is 3.62. The molecule has 1 aliphatic carbocycles. The van der Waals surface area contributed by atoms with Gasteiger partial charge in [-0.1, -0.05) is 161 Å². The van der Waals surface area contributed by atoms with Gasteiger partial charge >= 0.3 is 0 Å². The van der Waals surface area contributed by atoms with Crippen LogP contribution in [0.4, 0.5) is 11.4 Å². The number of aromatic nitrogens is 1. The van der Waals surface area contributed by atoms with E-state index in [9.17, 15) is 0 Å². The molecule has 292 valence electrons. The van der Waals surface area contributed by atoms with Crippen LogP contribution in [0.15, 0.2) is 176 Å². The third-order valence-electron chi connectivity index (χ3n) is 14.2. The molecular weight excluding hydrogens is 735 g/mol. The highest BCUT2D eigenvalue weighted by molar-refractivity contribution is 6.74. The van der Waals surface area contributed by atoms with E-state index < -0.39 is 0 Å². The Kier molecular flexibility index (Phi) is 7.88. The highest BCUT2D eigenvalue weighted by atomic mass is 15.0. The summed E-state index contributed by atoms with van der Waals surface area (Å²) in [4.78, 5) is 0. The molecule has 2 nitrogen and oxygen atoms in total. The SMILES string of the molecule is CC1(C)CCC(C)(C)c2cc(Nc3cc4ccccc4cc3-c3cc4ccccc4c4c3Bc3cc(-c5ccccc5)cc5c6cc(-c7ccccc7)ccc6n-4c35)ccc21. The quantitative estimate of drug-likeness (QED) is 0.172. The summed E-state index contributed by atoms with van der Waals surface area (Å²) in [6.07, 6.45) is 2.39. The Hall–Kier alpha value is -6.84. The predicted molar refractivity (Wildman–Crippen MR) is 264 cm³/mol. The van der Waals surface area contributed by atoms with E-state index in [4.69, 9.17) is 0 Å². The molecule has 0 unspecified atom stereocenters. The van der Waals surface area contributed by atoms with Crippen molar-refractivity contribution in [1.82, 2.24) is 4.57 Å². The molecule has 9 aromatic carbocycles. The zero-order chi connectivity index (χ0) is 41.0. The minimum atomic E-state index is 0.116. The lowest BCUT2D eigenvalue weighted by Gasteiger charge is -2.42. The van der Waals surface area contributed by atoms with Gasteiger partial charge in [0.2, 0.25) is 0 Å². The Morgan fingerprint density at radius 1 is 0.475 bits per heavy atom. The molecule has 1 aromatic heterocycles. The van der Waals surface area contributed by atoms with Crippen molar-refractivity contribution in [2.24, 2.45) is 0 Å². The van der Waals surface area contributed by atoms with Crippen molar-refractivity contribution in [1.29, 1.82) is 0 Å². The third kappa shape index (κ3) is 5.71. The van der Waals surface area contributed by atoms with Crippen molar-refractivity contribution in [3.8, 4) is 39.1 Å². The second-order valence-corrected chi connectivity index (χ2v) is 18.9. The van der Waals surface area contributed by atoms with Crippen molar-refractivity contribution in [3.05, 3.63) is 187 Å². The molecule has 10 aromatic rings. The van der Waals surface area contributed by atoms with E-state index >= 15 is 0 Å². The number of nitrogens with one attached hydrogen (secondary N) is 1. The zero-order valence-corrected chi connectivity index (χ0v) is 35.3. The van der Waals surface area contributed by atoms with Gasteiger partial charge in [-0.05, 0) is 133 Å². The number of hydrogen-bond acceptors (Lipinski definition) is 1. The molecule has 2 heterocycles. The maximum atomic E-state index is 4.04. The number of fused-ring (bicyclic) bond motifs is 9. The van der Waals surface area contributed by atoms with Gasteiger partial charge in [0.05, 0.1) is 5.52 Å².